The molecule has 0 spiro atoms. The lowest BCUT2D eigenvalue weighted by atomic mass is 9.82. The molecule has 12 nitrogen and oxygen atoms in total. The first-order valence-corrected chi connectivity index (χ1v) is 13.5. The molecular formula is C23H29F12N5O7. The van der Waals surface area contributed by atoms with Gasteiger partial charge in [-0.15, -0.1) is 0 Å². The average Bonchev–Trinajstić information content (AvgIpc) is 2.92. The molecule has 0 aliphatic heterocycles. The summed E-state index contributed by atoms with van der Waals surface area (Å²) in [6.07, 6.45) is -23.5. The van der Waals surface area contributed by atoms with Crippen molar-refractivity contribution in [3.8, 4) is 0 Å². The number of carbonyl (C=O) groups is 4. The van der Waals surface area contributed by atoms with Crippen molar-refractivity contribution in [1.29, 1.82) is 0 Å². The lowest BCUT2D eigenvalue weighted by Gasteiger charge is -2.34. The molecule has 1 unspecified atom stereocenters. The summed E-state index contributed by atoms with van der Waals surface area (Å²) in [7, 11) is 0. The lowest BCUT2D eigenvalue weighted by molar-refractivity contribution is -0.527. The molecule has 1 saturated carbocycles. The molecule has 2 N–H and O–H groups in total. The van der Waals surface area contributed by atoms with Crippen LogP contribution in [-0.2, 0) is 19.2 Å². The van der Waals surface area contributed by atoms with Gasteiger partial charge in [0, 0.05) is 63.1 Å². The molecule has 1 aliphatic carbocycles. The van der Waals surface area contributed by atoms with Gasteiger partial charge >= 0.3 is 48.3 Å². The SMILES string of the molecule is O=C(NC(CC1CCC([N+](=O)[O-])CC1)CN(CCN(CCN(CCO)C(=O)C(F)(F)F)C(=O)C(F)(F)F)C(=O)C(F)(F)F)C(F)(F)F. The van der Waals surface area contributed by atoms with Gasteiger partial charge in [-0.05, 0) is 25.2 Å². The summed E-state index contributed by atoms with van der Waals surface area (Å²) in [5.74, 6) is -11.7. The van der Waals surface area contributed by atoms with Gasteiger partial charge in [0.2, 0.25) is 6.04 Å². The summed E-state index contributed by atoms with van der Waals surface area (Å²) < 4.78 is 158. The highest BCUT2D eigenvalue weighted by Gasteiger charge is 2.47. The molecule has 4 amide bonds. The number of hydrogen-bond donors (Lipinski definition) is 2. The Bertz CT molecular complexity index is 1110. The van der Waals surface area contributed by atoms with Crippen molar-refractivity contribution in [1.82, 2.24) is 20.0 Å². The molecule has 0 heterocycles. The quantitative estimate of drug-likeness (QED) is 0.159. The Morgan fingerprint density at radius 1 is 0.681 bits per heavy atom. The van der Waals surface area contributed by atoms with Crippen molar-refractivity contribution >= 4 is 23.6 Å². The Kier molecular flexibility index (Phi) is 14.5. The third-order valence-corrected chi connectivity index (χ3v) is 7.00. The van der Waals surface area contributed by atoms with Crippen molar-refractivity contribution in [2.45, 2.75) is 68.9 Å². The van der Waals surface area contributed by atoms with Crippen LogP contribution in [0.1, 0.15) is 32.1 Å². The monoisotopic (exact) mass is 715 g/mol. The van der Waals surface area contributed by atoms with Crippen LogP contribution < -0.4 is 5.32 Å². The van der Waals surface area contributed by atoms with Gasteiger partial charge in [-0.3, -0.25) is 29.3 Å². The van der Waals surface area contributed by atoms with Crippen LogP contribution in [0.2, 0.25) is 0 Å². The van der Waals surface area contributed by atoms with E-state index in [-0.39, 0.29) is 40.4 Å². The van der Waals surface area contributed by atoms with E-state index < -0.39 is 124 Å². The van der Waals surface area contributed by atoms with Gasteiger partial charge < -0.3 is 25.1 Å². The number of rotatable bonds is 14. The van der Waals surface area contributed by atoms with Crippen LogP contribution in [0.4, 0.5) is 52.7 Å². The third kappa shape index (κ3) is 13.6. The molecule has 0 radical (unpaired) electrons. The van der Waals surface area contributed by atoms with Gasteiger partial charge in [0.25, 0.3) is 0 Å². The molecule has 0 saturated heterocycles. The largest absolute Gasteiger partial charge is 0.471 e. The van der Waals surface area contributed by atoms with Crippen LogP contribution in [0.25, 0.3) is 0 Å². The van der Waals surface area contributed by atoms with Gasteiger partial charge in [0.05, 0.1) is 6.61 Å². The molecule has 1 atom stereocenters. The van der Waals surface area contributed by atoms with E-state index in [9.17, 15) is 82.0 Å². The maximum absolute atomic E-state index is 13.4. The first-order chi connectivity index (χ1) is 21.3. The number of hydrogen-bond acceptors (Lipinski definition) is 7. The predicted octanol–water partition coefficient (Wildman–Crippen LogP) is 2.42. The van der Waals surface area contributed by atoms with E-state index in [0.717, 1.165) is 0 Å². The molecule has 0 aromatic rings. The Labute approximate surface area is 257 Å². The number of halogens is 12. The lowest BCUT2D eigenvalue weighted by Crippen LogP contribution is -2.55. The first kappa shape index (κ1) is 41.4. The highest BCUT2D eigenvalue weighted by molar-refractivity contribution is 5.84. The van der Waals surface area contributed by atoms with Crippen molar-refractivity contribution in [2.75, 3.05) is 45.9 Å². The number of aliphatic hydroxyl groups excluding tert-OH is 1. The second kappa shape index (κ2) is 16.5. The summed E-state index contributed by atoms with van der Waals surface area (Å²) in [6, 6.07) is -2.96. The zero-order valence-corrected chi connectivity index (χ0v) is 23.9. The van der Waals surface area contributed by atoms with E-state index in [2.05, 4.69) is 0 Å². The summed E-state index contributed by atoms with van der Waals surface area (Å²) in [5.41, 5.74) is 0. The smallest absolute Gasteiger partial charge is 0.395 e. The van der Waals surface area contributed by atoms with Crippen LogP contribution in [-0.4, -0.2) is 131 Å². The Balaban J connectivity index is 3.33. The highest BCUT2D eigenvalue weighted by Crippen LogP contribution is 2.30. The second-order valence-electron chi connectivity index (χ2n) is 10.4. The maximum atomic E-state index is 13.4. The molecule has 272 valence electrons. The van der Waals surface area contributed by atoms with E-state index >= 15 is 0 Å². The summed E-state index contributed by atoms with van der Waals surface area (Å²) >= 11 is 0. The molecule has 0 aromatic heterocycles. The molecule has 24 heteroatoms. The molecule has 1 rings (SSSR count). The Hall–Kier alpha value is -3.60. The van der Waals surface area contributed by atoms with Gasteiger partial charge in [-0.1, -0.05) is 0 Å². The van der Waals surface area contributed by atoms with Crippen LogP contribution in [0.5, 0.6) is 0 Å². The fourth-order valence-electron chi connectivity index (χ4n) is 4.75. The van der Waals surface area contributed by atoms with E-state index in [1.165, 1.54) is 5.32 Å². The number of nitro groups is 1. The number of alkyl halides is 12. The zero-order valence-electron chi connectivity index (χ0n) is 23.9. The van der Waals surface area contributed by atoms with Crippen molar-refractivity contribution in [2.24, 2.45) is 5.92 Å². The van der Waals surface area contributed by atoms with E-state index in [1.54, 1.807) is 0 Å². The van der Waals surface area contributed by atoms with Crippen LogP contribution in [0.15, 0.2) is 0 Å². The number of amides is 4. The molecule has 47 heavy (non-hydrogen) atoms. The zero-order chi connectivity index (χ0) is 36.5. The fourth-order valence-corrected chi connectivity index (χ4v) is 4.75. The van der Waals surface area contributed by atoms with Gasteiger partial charge in [0.1, 0.15) is 0 Å². The van der Waals surface area contributed by atoms with Gasteiger partial charge in [-0.2, -0.15) is 52.7 Å². The second-order valence-corrected chi connectivity index (χ2v) is 10.4. The maximum Gasteiger partial charge on any atom is 0.471 e. The molecular weight excluding hydrogens is 686 g/mol. The Morgan fingerprint density at radius 2 is 1.06 bits per heavy atom. The number of nitrogens with zero attached hydrogens (tertiary/aromatic N) is 4. The Morgan fingerprint density at radius 3 is 1.43 bits per heavy atom. The van der Waals surface area contributed by atoms with E-state index in [4.69, 9.17) is 5.11 Å². The normalized spacial score (nSPS) is 18.2. The minimum absolute atomic E-state index is 0.0217. The highest BCUT2D eigenvalue weighted by atomic mass is 19.4. The molecule has 1 aliphatic rings. The van der Waals surface area contributed by atoms with Gasteiger partial charge in [-0.25, -0.2) is 0 Å². The fraction of sp³-hybridized carbons (Fsp3) is 0.826. The average molecular weight is 715 g/mol. The van der Waals surface area contributed by atoms with Crippen molar-refractivity contribution in [3.05, 3.63) is 10.1 Å². The number of nitrogens with one attached hydrogen (secondary N) is 1. The summed E-state index contributed by atoms with van der Waals surface area (Å²) in [5, 5.41) is 21.3. The predicted molar refractivity (Wildman–Crippen MR) is 130 cm³/mol. The third-order valence-electron chi connectivity index (χ3n) is 7.00. The molecule has 0 aromatic carbocycles. The van der Waals surface area contributed by atoms with E-state index in [1.807, 2.05) is 0 Å². The number of aliphatic hydroxyl groups is 1. The van der Waals surface area contributed by atoms with Crippen molar-refractivity contribution in [3.63, 3.8) is 0 Å². The van der Waals surface area contributed by atoms with Crippen LogP contribution in [0, 0.1) is 16.0 Å². The molecule has 0 bridgehead atoms. The van der Waals surface area contributed by atoms with E-state index in [0.29, 0.717) is 0 Å². The topological polar surface area (TPSA) is 153 Å². The standard InChI is InChI=1S/C23H29F12N5O7/c24-20(25,26)16(42)36-14(11-13-1-3-15(4-2-13)40(46)47)12-39(19(45)23(33,34)35)8-7-37(17(43)21(27,28)29)5-6-38(9-10-41)18(44)22(30,31)32/h13-15,41H,1-12H2,(H,36,42). The summed E-state index contributed by atoms with van der Waals surface area (Å²) in [4.78, 5) is 56.8. The molecule has 1 fully saturated rings. The minimum atomic E-state index is -5.79. The minimum Gasteiger partial charge on any atom is -0.395 e. The van der Waals surface area contributed by atoms with Gasteiger partial charge in [0.15, 0.2) is 0 Å². The van der Waals surface area contributed by atoms with Crippen molar-refractivity contribution < 1.29 is 81.9 Å². The summed E-state index contributed by atoms with van der Waals surface area (Å²) in [6.45, 7) is -9.36. The van der Waals surface area contributed by atoms with Crippen LogP contribution in [0.3, 0.4) is 0 Å². The number of carbonyl (C=O) groups excluding carboxylic acids is 4. The van der Waals surface area contributed by atoms with Crippen LogP contribution >= 0.6 is 0 Å². The first-order valence-electron chi connectivity index (χ1n) is 13.5.